The van der Waals surface area contributed by atoms with E-state index in [0.717, 1.165) is 41.7 Å². The zero-order chi connectivity index (χ0) is 12.9. The molecule has 1 aliphatic rings. The lowest BCUT2D eigenvalue weighted by Crippen LogP contribution is -2.20. The van der Waals surface area contributed by atoms with Gasteiger partial charge in [0.15, 0.2) is 5.65 Å². The summed E-state index contributed by atoms with van der Waals surface area (Å²) in [4.78, 5) is 7.13. The third-order valence-corrected chi connectivity index (χ3v) is 3.91. The second-order valence-electron chi connectivity index (χ2n) is 5.53. The predicted octanol–water partition coefficient (Wildman–Crippen LogP) is 2.50. The summed E-state index contributed by atoms with van der Waals surface area (Å²) in [7, 11) is 0. The maximum Gasteiger partial charge on any atom is 0.177 e. The zero-order valence-electron chi connectivity index (χ0n) is 11.6. The Bertz CT molecular complexity index is 599. The standard InChI is InChI=1S/C14H20N4/c1-9-5-6-17(8-9)13-7-10(2)16-18-12(4)11(3)15-14(13)18/h7,9H,5-6,8H2,1-4H3/t9-/m1/s1. The van der Waals surface area contributed by atoms with Crippen LogP contribution in [0.5, 0.6) is 0 Å². The third-order valence-electron chi connectivity index (χ3n) is 3.91. The van der Waals surface area contributed by atoms with E-state index in [0.29, 0.717) is 0 Å². The Hall–Kier alpha value is -1.58. The Kier molecular flexibility index (Phi) is 2.54. The number of imidazole rings is 1. The van der Waals surface area contributed by atoms with E-state index in [2.05, 4.69) is 48.7 Å². The lowest BCUT2D eigenvalue weighted by atomic mass is 10.2. The maximum absolute atomic E-state index is 4.68. The van der Waals surface area contributed by atoms with Gasteiger partial charge in [0.1, 0.15) is 0 Å². The van der Waals surface area contributed by atoms with Crippen molar-refractivity contribution in [1.29, 1.82) is 0 Å². The Morgan fingerprint density at radius 3 is 2.72 bits per heavy atom. The van der Waals surface area contributed by atoms with Crippen molar-refractivity contribution in [2.45, 2.75) is 34.1 Å². The molecule has 0 spiro atoms. The zero-order valence-corrected chi connectivity index (χ0v) is 11.6. The summed E-state index contributed by atoms with van der Waals surface area (Å²) in [5.74, 6) is 0.774. The van der Waals surface area contributed by atoms with Gasteiger partial charge in [0.2, 0.25) is 0 Å². The van der Waals surface area contributed by atoms with Crippen molar-refractivity contribution < 1.29 is 0 Å². The molecule has 96 valence electrons. The average Bonchev–Trinajstić information content (AvgIpc) is 2.86. The Labute approximate surface area is 108 Å². The lowest BCUT2D eigenvalue weighted by Gasteiger charge is -2.19. The molecule has 0 N–H and O–H groups in total. The molecule has 1 atom stereocenters. The van der Waals surface area contributed by atoms with Gasteiger partial charge in [0.25, 0.3) is 0 Å². The van der Waals surface area contributed by atoms with E-state index in [-0.39, 0.29) is 0 Å². The van der Waals surface area contributed by atoms with Gasteiger partial charge >= 0.3 is 0 Å². The Morgan fingerprint density at radius 1 is 1.28 bits per heavy atom. The molecule has 4 nitrogen and oxygen atoms in total. The first kappa shape index (κ1) is 11.5. The second-order valence-corrected chi connectivity index (χ2v) is 5.53. The minimum atomic E-state index is 0.774. The van der Waals surface area contributed by atoms with Crippen molar-refractivity contribution in [2.24, 2.45) is 5.92 Å². The Balaban J connectivity index is 2.19. The maximum atomic E-state index is 4.68. The molecule has 1 aliphatic heterocycles. The summed E-state index contributed by atoms with van der Waals surface area (Å²) in [6.07, 6.45) is 1.27. The van der Waals surface area contributed by atoms with Crippen LogP contribution in [0.1, 0.15) is 30.4 Å². The number of aromatic nitrogens is 3. The smallest absolute Gasteiger partial charge is 0.177 e. The summed E-state index contributed by atoms with van der Waals surface area (Å²) in [5, 5.41) is 4.57. The molecule has 0 aliphatic carbocycles. The topological polar surface area (TPSA) is 33.4 Å². The van der Waals surface area contributed by atoms with Gasteiger partial charge in [-0.3, -0.25) is 0 Å². The fourth-order valence-corrected chi connectivity index (χ4v) is 2.72. The van der Waals surface area contributed by atoms with Crippen molar-refractivity contribution in [2.75, 3.05) is 18.0 Å². The number of fused-ring (bicyclic) bond motifs is 1. The van der Waals surface area contributed by atoms with E-state index in [9.17, 15) is 0 Å². The van der Waals surface area contributed by atoms with Crippen LogP contribution in [0.15, 0.2) is 6.07 Å². The highest BCUT2D eigenvalue weighted by Crippen LogP contribution is 2.28. The molecule has 0 aromatic carbocycles. The van der Waals surface area contributed by atoms with Crippen LogP contribution < -0.4 is 4.90 Å². The predicted molar refractivity (Wildman–Crippen MR) is 73.2 cm³/mol. The van der Waals surface area contributed by atoms with Crippen molar-refractivity contribution >= 4 is 11.3 Å². The van der Waals surface area contributed by atoms with E-state index in [1.165, 1.54) is 12.1 Å². The van der Waals surface area contributed by atoms with Gasteiger partial charge < -0.3 is 4.90 Å². The lowest BCUT2D eigenvalue weighted by molar-refractivity contribution is 0.659. The van der Waals surface area contributed by atoms with E-state index in [4.69, 9.17) is 0 Å². The van der Waals surface area contributed by atoms with Crippen LogP contribution in [0.25, 0.3) is 5.65 Å². The first-order valence-corrected chi connectivity index (χ1v) is 6.65. The average molecular weight is 244 g/mol. The molecule has 3 rings (SSSR count). The number of aryl methyl sites for hydroxylation is 3. The van der Waals surface area contributed by atoms with Gasteiger partial charge in [-0.15, -0.1) is 0 Å². The number of nitrogens with zero attached hydrogens (tertiary/aromatic N) is 4. The van der Waals surface area contributed by atoms with Crippen molar-refractivity contribution in [3.8, 4) is 0 Å². The van der Waals surface area contributed by atoms with Crippen LogP contribution in [0.2, 0.25) is 0 Å². The van der Waals surface area contributed by atoms with E-state index >= 15 is 0 Å². The van der Waals surface area contributed by atoms with Crippen molar-refractivity contribution in [1.82, 2.24) is 14.6 Å². The summed E-state index contributed by atoms with van der Waals surface area (Å²) < 4.78 is 1.99. The molecule has 3 heterocycles. The molecule has 2 aromatic heterocycles. The highest BCUT2D eigenvalue weighted by atomic mass is 15.3. The molecule has 4 heteroatoms. The second kappa shape index (κ2) is 3.97. The molecule has 0 unspecified atom stereocenters. The number of hydrogen-bond acceptors (Lipinski definition) is 3. The minimum Gasteiger partial charge on any atom is -0.368 e. The van der Waals surface area contributed by atoms with Crippen molar-refractivity contribution in [3.63, 3.8) is 0 Å². The van der Waals surface area contributed by atoms with Crippen LogP contribution in [-0.4, -0.2) is 27.7 Å². The molecule has 0 saturated carbocycles. The van der Waals surface area contributed by atoms with Crippen LogP contribution >= 0.6 is 0 Å². The van der Waals surface area contributed by atoms with E-state index < -0.39 is 0 Å². The molecule has 2 aromatic rings. The Morgan fingerprint density at radius 2 is 2.06 bits per heavy atom. The molecule has 18 heavy (non-hydrogen) atoms. The normalized spacial score (nSPS) is 20.0. The van der Waals surface area contributed by atoms with Gasteiger partial charge in [-0.1, -0.05) is 6.92 Å². The van der Waals surface area contributed by atoms with Gasteiger partial charge in [0, 0.05) is 13.1 Å². The highest BCUT2D eigenvalue weighted by Gasteiger charge is 2.22. The highest BCUT2D eigenvalue weighted by molar-refractivity contribution is 5.70. The van der Waals surface area contributed by atoms with E-state index in [1.54, 1.807) is 0 Å². The molecular weight excluding hydrogens is 224 g/mol. The summed E-state index contributed by atoms with van der Waals surface area (Å²) in [6, 6.07) is 2.17. The number of anilines is 1. The van der Waals surface area contributed by atoms with Crippen LogP contribution in [-0.2, 0) is 0 Å². The first-order valence-electron chi connectivity index (χ1n) is 6.65. The monoisotopic (exact) mass is 244 g/mol. The van der Waals surface area contributed by atoms with Gasteiger partial charge in [-0.25, -0.2) is 9.50 Å². The largest absolute Gasteiger partial charge is 0.368 e. The van der Waals surface area contributed by atoms with Crippen LogP contribution in [0.3, 0.4) is 0 Å². The molecule has 1 saturated heterocycles. The quantitative estimate of drug-likeness (QED) is 0.773. The van der Waals surface area contributed by atoms with Gasteiger partial charge in [-0.2, -0.15) is 5.10 Å². The molecule has 0 radical (unpaired) electrons. The summed E-state index contributed by atoms with van der Waals surface area (Å²) in [5.41, 5.74) is 5.51. The van der Waals surface area contributed by atoms with Crippen LogP contribution in [0.4, 0.5) is 5.69 Å². The minimum absolute atomic E-state index is 0.774. The number of hydrogen-bond donors (Lipinski definition) is 0. The number of rotatable bonds is 1. The van der Waals surface area contributed by atoms with Gasteiger partial charge in [0.05, 0.1) is 22.8 Å². The SMILES string of the molecule is Cc1cc(N2CC[C@@H](C)C2)c2nc(C)c(C)n2n1. The van der Waals surface area contributed by atoms with Gasteiger partial charge in [-0.05, 0) is 39.2 Å². The fourth-order valence-electron chi connectivity index (χ4n) is 2.72. The third kappa shape index (κ3) is 1.67. The summed E-state index contributed by atoms with van der Waals surface area (Å²) >= 11 is 0. The summed E-state index contributed by atoms with van der Waals surface area (Å²) in [6.45, 7) is 10.8. The van der Waals surface area contributed by atoms with E-state index in [1.807, 2.05) is 4.52 Å². The molecule has 1 fully saturated rings. The fraction of sp³-hybridized carbons (Fsp3) is 0.571. The van der Waals surface area contributed by atoms with Crippen LogP contribution in [0, 0.1) is 26.7 Å². The molecule has 0 bridgehead atoms. The molecule has 0 amide bonds. The molecular formula is C14H20N4. The van der Waals surface area contributed by atoms with Crippen molar-refractivity contribution in [3.05, 3.63) is 23.1 Å². The first-order chi connectivity index (χ1) is 8.56.